The van der Waals surface area contributed by atoms with Gasteiger partial charge >= 0.3 is 5.97 Å². The molecule has 1 aromatic rings. The molecule has 116 valence electrons. The minimum absolute atomic E-state index is 0.0897. The minimum Gasteiger partial charge on any atom is -0.469 e. The van der Waals surface area contributed by atoms with Gasteiger partial charge in [0.2, 0.25) is 5.28 Å². The highest BCUT2D eigenvalue weighted by Crippen LogP contribution is 2.38. The highest BCUT2D eigenvalue weighted by atomic mass is 35.5. The van der Waals surface area contributed by atoms with Crippen molar-refractivity contribution in [3.8, 4) is 0 Å². The van der Waals surface area contributed by atoms with Gasteiger partial charge in [-0.1, -0.05) is 6.42 Å². The third-order valence-electron chi connectivity index (χ3n) is 3.93. The SMILES string of the molecule is COC(=O)[C@@]1(C)CCCC(Nc2nc(Cl)ncc2F)[C@H]1O. The second-order valence-electron chi connectivity index (χ2n) is 5.33. The number of aliphatic hydroxyl groups is 1. The fraction of sp³-hybridized carbons (Fsp3) is 0.615. The Kier molecular flexibility index (Phi) is 4.63. The van der Waals surface area contributed by atoms with Crippen LogP contribution in [0.2, 0.25) is 5.28 Å². The second-order valence-corrected chi connectivity index (χ2v) is 5.67. The molecule has 1 aliphatic rings. The van der Waals surface area contributed by atoms with Crippen LogP contribution in [-0.4, -0.2) is 40.3 Å². The summed E-state index contributed by atoms with van der Waals surface area (Å²) in [6.07, 6.45) is 1.71. The topological polar surface area (TPSA) is 84.3 Å². The Balaban J connectivity index is 2.20. The summed E-state index contributed by atoms with van der Waals surface area (Å²) in [5.41, 5.74) is -1.03. The summed E-state index contributed by atoms with van der Waals surface area (Å²) in [5.74, 6) is -1.24. The van der Waals surface area contributed by atoms with E-state index in [-0.39, 0.29) is 11.1 Å². The third-order valence-corrected chi connectivity index (χ3v) is 4.12. The number of esters is 1. The second kappa shape index (κ2) is 6.11. The molecule has 3 atom stereocenters. The van der Waals surface area contributed by atoms with Crippen LogP contribution in [-0.2, 0) is 9.53 Å². The van der Waals surface area contributed by atoms with Crippen molar-refractivity contribution in [3.05, 3.63) is 17.3 Å². The average Bonchev–Trinajstić information content (AvgIpc) is 2.46. The van der Waals surface area contributed by atoms with Gasteiger partial charge in [-0.25, -0.2) is 9.37 Å². The first-order chi connectivity index (χ1) is 9.88. The molecule has 1 unspecified atom stereocenters. The molecule has 1 aliphatic carbocycles. The number of methoxy groups -OCH3 is 1. The number of rotatable bonds is 3. The van der Waals surface area contributed by atoms with Crippen molar-refractivity contribution in [1.82, 2.24) is 9.97 Å². The Morgan fingerprint density at radius 1 is 1.67 bits per heavy atom. The molecule has 2 rings (SSSR count). The molecule has 8 heteroatoms. The van der Waals surface area contributed by atoms with E-state index in [1.54, 1.807) is 6.92 Å². The van der Waals surface area contributed by atoms with Crippen LogP contribution in [0.25, 0.3) is 0 Å². The molecule has 0 spiro atoms. The zero-order chi connectivity index (χ0) is 15.6. The van der Waals surface area contributed by atoms with E-state index in [1.807, 2.05) is 0 Å². The molecule has 0 amide bonds. The van der Waals surface area contributed by atoms with Crippen LogP contribution in [0.15, 0.2) is 6.20 Å². The Morgan fingerprint density at radius 2 is 2.38 bits per heavy atom. The monoisotopic (exact) mass is 317 g/mol. The molecule has 1 saturated carbocycles. The summed E-state index contributed by atoms with van der Waals surface area (Å²) < 4.78 is 18.4. The first-order valence-corrected chi connectivity index (χ1v) is 6.97. The zero-order valence-electron chi connectivity index (χ0n) is 11.8. The largest absolute Gasteiger partial charge is 0.469 e. The van der Waals surface area contributed by atoms with Crippen molar-refractivity contribution in [3.63, 3.8) is 0 Å². The minimum atomic E-state index is -1.03. The Labute approximate surface area is 126 Å². The van der Waals surface area contributed by atoms with Gasteiger partial charge in [-0.2, -0.15) is 4.98 Å². The van der Waals surface area contributed by atoms with Crippen molar-refractivity contribution in [2.45, 2.75) is 38.3 Å². The lowest BCUT2D eigenvalue weighted by molar-refractivity contribution is -0.162. The first-order valence-electron chi connectivity index (χ1n) is 6.59. The van der Waals surface area contributed by atoms with Gasteiger partial charge in [-0.3, -0.25) is 4.79 Å². The van der Waals surface area contributed by atoms with Crippen LogP contribution in [0.4, 0.5) is 10.2 Å². The van der Waals surface area contributed by atoms with Crippen molar-refractivity contribution in [2.75, 3.05) is 12.4 Å². The van der Waals surface area contributed by atoms with Gasteiger partial charge in [0.25, 0.3) is 0 Å². The zero-order valence-corrected chi connectivity index (χ0v) is 12.5. The normalized spacial score (nSPS) is 29.0. The Hall–Kier alpha value is -1.47. The van der Waals surface area contributed by atoms with Crippen molar-refractivity contribution in [1.29, 1.82) is 0 Å². The molecule has 6 nitrogen and oxygen atoms in total. The number of hydrogen-bond donors (Lipinski definition) is 2. The van der Waals surface area contributed by atoms with Crippen molar-refractivity contribution in [2.24, 2.45) is 5.41 Å². The predicted molar refractivity (Wildman–Crippen MR) is 74.4 cm³/mol. The molecule has 0 radical (unpaired) electrons. The van der Waals surface area contributed by atoms with E-state index in [0.29, 0.717) is 19.3 Å². The molecule has 0 aromatic carbocycles. The predicted octanol–water partition coefficient (Wildman–Crippen LogP) is 1.77. The number of nitrogens with zero attached hydrogens (tertiary/aromatic N) is 2. The number of carbonyl (C=O) groups excluding carboxylic acids is 1. The molecule has 0 saturated heterocycles. The quantitative estimate of drug-likeness (QED) is 0.653. The van der Waals surface area contributed by atoms with Gasteiger partial charge in [0.15, 0.2) is 11.6 Å². The van der Waals surface area contributed by atoms with Crippen LogP contribution < -0.4 is 5.32 Å². The standard InChI is InChI=1S/C13H17ClFN3O3/c1-13(11(20)21-2)5-3-4-8(9(13)19)17-10-7(15)6-16-12(14)18-10/h6,8-9,19H,3-5H2,1-2H3,(H,16,17,18)/t8?,9-,13+/m1/s1. The molecular formula is C13H17ClFN3O3. The summed E-state index contributed by atoms with van der Waals surface area (Å²) in [5, 5.41) is 13.2. The molecule has 1 heterocycles. The molecule has 1 fully saturated rings. The fourth-order valence-corrected chi connectivity index (χ4v) is 2.80. The fourth-order valence-electron chi connectivity index (χ4n) is 2.67. The van der Waals surface area contributed by atoms with E-state index in [2.05, 4.69) is 15.3 Å². The summed E-state index contributed by atoms with van der Waals surface area (Å²) in [6.45, 7) is 1.64. The van der Waals surface area contributed by atoms with Crippen LogP contribution >= 0.6 is 11.6 Å². The lowest BCUT2D eigenvalue weighted by Crippen LogP contribution is -2.53. The molecule has 0 bridgehead atoms. The number of halogens is 2. The van der Waals surface area contributed by atoms with E-state index in [9.17, 15) is 14.3 Å². The van der Waals surface area contributed by atoms with Gasteiger partial charge < -0.3 is 15.2 Å². The first kappa shape index (κ1) is 15.9. The molecule has 21 heavy (non-hydrogen) atoms. The van der Waals surface area contributed by atoms with Crippen LogP contribution in [0.5, 0.6) is 0 Å². The number of nitrogens with one attached hydrogen (secondary N) is 1. The number of carbonyl (C=O) groups is 1. The Morgan fingerprint density at radius 3 is 3.05 bits per heavy atom. The van der Waals surface area contributed by atoms with Gasteiger partial charge in [-0.15, -0.1) is 0 Å². The summed E-state index contributed by atoms with van der Waals surface area (Å²) in [6, 6.07) is -0.525. The number of anilines is 1. The summed E-state index contributed by atoms with van der Waals surface area (Å²) in [7, 11) is 1.28. The lowest BCUT2D eigenvalue weighted by atomic mass is 9.71. The lowest BCUT2D eigenvalue weighted by Gasteiger charge is -2.41. The van der Waals surface area contributed by atoms with E-state index in [4.69, 9.17) is 16.3 Å². The molecule has 0 aliphatic heterocycles. The van der Waals surface area contributed by atoms with Crippen LogP contribution in [0, 0.1) is 11.2 Å². The maximum Gasteiger partial charge on any atom is 0.314 e. The van der Waals surface area contributed by atoms with E-state index >= 15 is 0 Å². The summed E-state index contributed by atoms with van der Waals surface area (Å²) in [4.78, 5) is 19.2. The van der Waals surface area contributed by atoms with Gasteiger partial charge in [0.1, 0.15) is 0 Å². The van der Waals surface area contributed by atoms with Crippen molar-refractivity contribution >= 4 is 23.4 Å². The van der Waals surface area contributed by atoms with Crippen LogP contribution in [0.1, 0.15) is 26.2 Å². The van der Waals surface area contributed by atoms with E-state index in [0.717, 1.165) is 6.20 Å². The number of aromatic nitrogens is 2. The van der Waals surface area contributed by atoms with Gasteiger partial charge in [0.05, 0.1) is 30.9 Å². The summed E-state index contributed by atoms with van der Waals surface area (Å²) >= 11 is 5.63. The average molecular weight is 318 g/mol. The molecule has 1 aromatic heterocycles. The third kappa shape index (κ3) is 3.08. The molecular weight excluding hydrogens is 301 g/mol. The van der Waals surface area contributed by atoms with E-state index in [1.165, 1.54) is 7.11 Å². The smallest absolute Gasteiger partial charge is 0.314 e. The highest BCUT2D eigenvalue weighted by Gasteiger charge is 2.48. The number of hydrogen-bond acceptors (Lipinski definition) is 6. The van der Waals surface area contributed by atoms with Gasteiger partial charge in [-0.05, 0) is 31.4 Å². The van der Waals surface area contributed by atoms with Crippen LogP contribution in [0.3, 0.4) is 0 Å². The number of ether oxygens (including phenoxy) is 1. The Bertz CT molecular complexity index is 545. The highest BCUT2D eigenvalue weighted by molar-refractivity contribution is 6.28. The molecule has 2 N–H and O–H groups in total. The van der Waals surface area contributed by atoms with Gasteiger partial charge in [0, 0.05) is 0 Å². The van der Waals surface area contributed by atoms with Crippen molar-refractivity contribution < 1.29 is 19.0 Å². The maximum atomic E-state index is 13.6. The number of aliphatic hydroxyl groups excluding tert-OH is 1. The maximum absolute atomic E-state index is 13.6. The van der Waals surface area contributed by atoms with E-state index < -0.39 is 29.3 Å².